The predicted molar refractivity (Wildman–Crippen MR) is 65.7 cm³/mol. The van der Waals surface area contributed by atoms with Gasteiger partial charge in [-0.05, 0) is 17.7 Å². The molecule has 106 valence electrons. The van der Waals surface area contributed by atoms with Gasteiger partial charge in [0, 0.05) is 6.42 Å². The molecule has 1 aromatic carbocycles. The largest absolute Gasteiger partial charge is 0.508 e. The van der Waals surface area contributed by atoms with Gasteiger partial charge in [-0.15, -0.1) is 0 Å². The lowest BCUT2D eigenvalue weighted by Gasteiger charge is -2.22. The quantitative estimate of drug-likeness (QED) is 0.640. The Bertz CT molecular complexity index is 552. The van der Waals surface area contributed by atoms with Crippen molar-refractivity contribution in [2.75, 3.05) is 0 Å². The number of carbonyl (C=O) groups is 3. The number of likely N-dealkylation sites (tertiary alicyclic amines) is 1. The number of aliphatic hydroxyl groups is 1. The molecule has 0 radical (unpaired) electrons. The second kappa shape index (κ2) is 5.30. The van der Waals surface area contributed by atoms with Crippen LogP contribution in [0.25, 0.3) is 0 Å². The summed E-state index contributed by atoms with van der Waals surface area (Å²) in [5, 5.41) is 27.7. The Labute approximate surface area is 114 Å². The van der Waals surface area contributed by atoms with Gasteiger partial charge in [-0.2, -0.15) is 0 Å². The Hall–Kier alpha value is -2.41. The zero-order valence-corrected chi connectivity index (χ0v) is 10.4. The van der Waals surface area contributed by atoms with E-state index in [1.54, 1.807) is 0 Å². The smallest absolute Gasteiger partial charge is 0.327 e. The summed E-state index contributed by atoms with van der Waals surface area (Å²) in [6, 6.07) is 4.42. The third-order valence-electron chi connectivity index (χ3n) is 3.12. The van der Waals surface area contributed by atoms with Crippen molar-refractivity contribution < 1.29 is 29.7 Å². The van der Waals surface area contributed by atoms with E-state index in [4.69, 9.17) is 5.11 Å². The molecular weight excluding hydrogens is 266 g/mol. The third kappa shape index (κ3) is 2.62. The number of rotatable bonds is 4. The Morgan fingerprint density at radius 2 is 1.90 bits per heavy atom. The normalized spacial score (nSPS) is 20.2. The molecule has 7 nitrogen and oxygen atoms in total. The van der Waals surface area contributed by atoms with E-state index in [0.29, 0.717) is 10.5 Å². The maximum Gasteiger partial charge on any atom is 0.327 e. The monoisotopic (exact) mass is 279 g/mol. The highest BCUT2D eigenvalue weighted by Gasteiger charge is 2.44. The van der Waals surface area contributed by atoms with Crippen LogP contribution in [-0.2, 0) is 20.8 Å². The average Bonchev–Trinajstić information content (AvgIpc) is 2.63. The van der Waals surface area contributed by atoms with Crippen LogP contribution in [0.15, 0.2) is 24.3 Å². The lowest BCUT2D eigenvalue weighted by atomic mass is 10.0. The molecule has 2 amide bonds. The van der Waals surface area contributed by atoms with E-state index in [9.17, 15) is 24.6 Å². The highest BCUT2D eigenvalue weighted by molar-refractivity contribution is 6.07. The first-order valence-electron chi connectivity index (χ1n) is 5.95. The number of benzene rings is 1. The number of amides is 2. The molecule has 1 aliphatic heterocycles. The van der Waals surface area contributed by atoms with E-state index in [-0.39, 0.29) is 12.2 Å². The van der Waals surface area contributed by atoms with Crippen LogP contribution in [0.5, 0.6) is 5.75 Å². The highest BCUT2D eigenvalue weighted by Crippen LogP contribution is 2.20. The zero-order valence-electron chi connectivity index (χ0n) is 10.4. The van der Waals surface area contributed by atoms with Crippen molar-refractivity contribution in [3.63, 3.8) is 0 Å². The van der Waals surface area contributed by atoms with E-state index in [1.165, 1.54) is 24.3 Å². The van der Waals surface area contributed by atoms with E-state index >= 15 is 0 Å². The number of hydrogen-bond acceptors (Lipinski definition) is 5. The number of aliphatic carboxylic acids is 1. The molecular formula is C13H13NO6. The van der Waals surface area contributed by atoms with Crippen molar-refractivity contribution in [3.8, 4) is 5.75 Å². The number of carbonyl (C=O) groups excluding carboxylic acids is 2. The third-order valence-corrected chi connectivity index (χ3v) is 3.12. The molecule has 0 spiro atoms. The SMILES string of the molecule is O=C(O)[C@H](Cc1ccc(O)cc1)N1C(=O)CC(O)C1=O. The van der Waals surface area contributed by atoms with Gasteiger partial charge in [0.1, 0.15) is 17.9 Å². The van der Waals surface area contributed by atoms with Gasteiger partial charge in [0.15, 0.2) is 0 Å². The first-order chi connectivity index (χ1) is 9.40. The lowest BCUT2D eigenvalue weighted by molar-refractivity contribution is -0.155. The first-order valence-corrected chi connectivity index (χ1v) is 5.95. The molecule has 0 aromatic heterocycles. The minimum absolute atomic E-state index is 0.0318. The van der Waals surface area contributed by atoms with Crippen LogP contribution in [-0.4, -0.2) is 50.1 Å². The Kier molecular flexibility index (Phi) is 3.71. The number of aromatic hydroxyl groups is 1. The Morgan fingerprint density at radius 1 is 1.30 bits per heavy atom. The minimum atomic E-state index is -1.47. The fourth-order valence-corrected chi connectivity index (χ4v) is 2.11. The summed E-state index contributed by atoms with van der Waals surface area (Å²) in [6.45, 7) is 0. The summed E-state index contributed by atoms with van der Waals surface area (Å²) in [5.74, 6) is -2.88. The van der Waals surface area contributed by atoms with Gasteiger partial charge in [-0.3, -0.25) is 14.5 Å². The molecule has 1 aliphatic rings. The first kappa shape index (κ1) is 14.0. The van der Waals surface area contributed by atoms with Crippen molar-refractivity contribution in [1.82, 2.24) is 4.90 Å². The molecule has 20 heavy (non-hydrogen) atoms. The summed E-state index contributed by atoms with van der Waals surface area (Å²) in [6.07, 6.45) is -1.94. The number of hydrogen-bond donors (Lipinski definition) is 3. The number of phenols is 1. The van der Waals surface area contributed by atoms with Crippen molar-refractivity contribution in [3.05, 3.63) is 29.8 Å². The Balaban J connectivity index is 2.24. The number of phenolic OH excluding ortho intramolecular Hbond substituents is 1. The molecule has 7 heteroatoms. The van der Waals surface area contributed by atoms with Crippen LogP contribution in [0.4, 0.5) is 0 Å². The van der Waals surface area contributed by atoms with Gasteiger partial charge in [-0.25, -0.2) is 4.79 Å². The summed E-state index contributed by atoms with van der Waals surface area (Å²) >= 11 is 0. The van der Waals surface area contributed by atoms with E-state index < -0.39 is 36.4 Å². The van der Waals surface area contributed by atoms with Crippen LogP contribution in [0, 0.1) is 0 Å². The van der Waals surface area contributed by atoms with Gasteiger partial charge in [0.25, 0.3) is 5.91 Å². The summed E-state index contributed by atoms with van der Waals surface area (Å²) in [7, 11) is 0. The molecule has 0 bridgehead atoms. The standard InChI is InChI=1S/C13H13NO6/c15-8-3-1-7(2-4-8)5-9(13(19)20)14-11(17)6-10(16)12(14)18/h1-4,9-10,15-16H,5-6H2,(H,19,20)/t9-,10?/m0/s1. The van der Waals surface area contributed by atoms with Gasteiger partial charge in [0.2, 0.25) is 5.91 Å². The van der Waals surface area contributed by atoms with Gasteiger partial charge >= 0.3 is 5.97 Å². The molecule has 2 atom stereocenters. The maximum atomic E-state index is 11.7. The minimum Gasteiger partial charge on any atom is -0.508 e. The fourth-order valence-electron chi connectivity index (χ4n) is 2.11. The Morgan fingerprint density at radius 3 is 2.35 bits per heavy atom. The average molecular weight is 279 g/mol. The zero-order chi connectivity index (χ0) is 14.9. The predicted octanol–water partition coefficient (Wildman–Crippen LogP) is -0.492. The second-order valence-electron chi connectivity index (χ2n) is 4.55. The number of imide groups is 1. The summed E-state index contributed by atoms with van der Waals surface area (Å²) in [4.78, 5) is 35.2. The van der Waals surface area contributed by atoms with Crippen LogP contribution >= 0.6 is 0 Å². The van der Waals surface area contributed by atoms with Crippen LogP contribution < -0.4 is 0 Å². The molecule has 1 saturated heterocycles. The van der Waals surface area contributed by atoms with E-state index in [0.717, 1.165) is 0 Å². The number of nitrogens with zero attached hydrogens (tertiary/aromatic N) is 1. The summed E-state index contributed by atoms with van der Waals surface area (Å²) in [5.41, 5.74) is 0.553. The lowest BCUT2D eigenvalue weighted by Crippen LogP contribution is -2.47. The summed E-state index contributed by atoms with van der Waals surface area (Å²) < 4.78 is 0. The molecule has 0 aliphatic carbocycles. The molecule has 2 rings (SSSR count). The molecule has 0 saturated carbocycles. The van der Waals surface area contributed by atoms with E-state index in [2.05, 4.69) is 0 Å². The van der Waals surface area contributed by atoms with Crippen molar-refractivity contribution >= 4 is 17.8 Å². The molecule has 1 heterocycles. The van der Waals surface area contributed by atoms with E-state index in [1.807, 2.05) is 0 Å². The van der Waals surface area contributed by atoms with Crippen LogP contribution in [0.2, 0.25) is 0 Å². The topological polar surface area (TPSA) is 115 Å². The van der Waals surface area contributed by atoms with Crippen LogP contribution in [0.3, 0.4) is 0 Å². The molecule has 3 N–H and O–H groups in total. The number of carboxylic acids is 1. The fraction of sp³-hybridized carbons (Fsp3) is 0.308. The van der Waals surface area contributed by atoms with Crippen molar-refractivity contribution in [1.29, 1.82) is 0 Å². The highest BCUT2D eigenvalue weighted by atomic mass is 16.4. The molecule has 1 fully saturated rings. The maximum absolute atomic E-state index is 11.7. The van der Waals surface area contributed by atoms with Crippen molar-refractivity contribution in [2.45, 2.75) is 25.0 Å². The van der Waals surface area contributed by atoms with Crippen molar-refractivity contribution in [2.24, 2.45) is 0 Å². The van der Waals surface area contributed by atoms with Crippen LogP contribution in [0.1, 0.15) is 12.0 Å². The number of carboxylic acid groups (broad SMARTS) is 1. The van der Waals surface area contributed by atoms with Gasteiger partial charge in [0.05, 0.1) is 6.42 Å². The second-order valence-corrected chi connectivity index (χ2v) is 4.55. The van der Waals surface area contributed by atoms with Gasteiger partial charge < -0.3 is 15.3 Å². The van der Waals surface area contributed by atoms with Gasteiger partial charge in [-0.1, -0.05) is 12.1 Å². The molecule has 1 aromatic rings. The number of aliphatic hydroxyl groups excluding tert-OH is 1. The molecule has 1 unspecified atom stereocenters.